The van der Waals surface area contributed by atoms with Gasteiger partial charge in [-0.2, -0.15) is 0 Å². The number of carbonyl (C=O) groups excluding carboxylic acids is 1. The maximum atomic E-state index is 12.9. The maximum absolute atomic E-state index is 12.9. The third-order valence-electron chi connectivity index (χ3n) is 10.3. The van der Waals surface area contributed by atoms with Gasteiger partial charge >= 0.3 is 7.82 Å². The molecule has 0 aliphatic heterocycles. The van der Waals surface area contributed by atoms with Gasteiger partial charge in [0.15, 0.2) is 0 Å². The van der Waals surface area contributed by atoms with Gasteiger partial charge in [-0.3, -0.25) is 13.8 Å². The quantitative estimate of drug-likeness (QED) is 0.0244. The largest absolute Gasteiger partial charge is 0.472 e. The number of likely N-dealkylation sites (N-methyl/N-ethyl adjacent to an activating group) is 1. The maximum Gasteiger partial charge on any atom is 0.472 e. The molecule has 0 saturated carbocycles. The summed E-state index contributed by atoms with van der Waals surface area (Å²) in [7, 11) is 1.55. The number of amides is 1. The molecule has 0 aromatic heterocycles. The number of nitrogens with one attached hydrogen (secondary N) is 1. The topological polar surface area (TPSA) is 105 Å². The van der Waals surface area contributed by atoms with Crippen molar-refractivity contribution in [2.45, 2.75) is 193 Å². The van der Waals surface area contributed by atoms with Crippen molar-refractivity contribution in [3.05, 3.63) is 97.2 Å². The molecule has 0 aliphatic carbocycles. The molecule has 0 spiro atoms. The fourth-order valence-corrected chi connectivity index (χ4v) is 7.17. The van der Waals surface area contributed by atoms with Crippen LogP contribution in [0.5, 0.6) is 0 Å². The molecule has 3 N–H and O–H groups in total. The molecule has 0 aromatic rings. The fraction of sp³-hybridized carbons (Fsp3) is 0.679. The van der Waals surface area contributed by atoms with E-state index in [0.717, 1.165) is 89.9 Å². The van der Waals surface area contributed by atoms with Crippen LogP contribution in [0, 0.1) is 0 Å². The fourth-order valence-electron chi connectivity index (χ4n) is 6.43. The molecular weight excluding hydrogens is 792 g/mol. The second-order valence-corrected chi connectivity index (χ2v) is 18.9. The molecule has 0 radical (unpaired) electrons. The molecule has 0 saturated heterocycles. The van der Waals surface area contributed by atoms with Gasteiger partial charge in [0.25, 0.3) is 0 Å². The van der Waals surface area contributed by atoms with Crippen molar-refractivity contribution in [2.24, 2.45) is 0 Å². The second-order valence-electron chi connectivity index (χ2n) is 17.5. The normalized spacial score (nSPS) is 15.0. The summed E-state index contributed by atoms with van der Waals surface area (Å²) in [6.07, 6.45) is 62.1. The minimum Gasteiger partial charge on any atom is -0.387 e. The number of hydrogen-bond donors (Lipinski definition) is 3. The van der Waals surface area contributed by atoms with Crippen molar-refractivity contribution in [3.8, 4) is 0 Å². The third-order valence-corrected chi connectivity index (χ3v) is 11.3. The van der Waals surface area contributed by atoms with Crippen LogP contribution in [0.15, 0.2) is 97.2 Å². The van der Waals surface area contributed by atoms with E-state index in [-0.39, 0.29) is 19.1 Å². The van der Waals surface area contributed by atoms with Crippen molar-refractivity contribution in [3.63, 3.8) is 0 Å². The van der Waals surface area contributed by atoms with E-state index >= 15 is 0 Å². The van der Waals surface area contributed by atoms with Gasteiger partial charge in [0.05, 0.1) is 39.9 Å². The average Bonchev–Trinajstić information content (AvgIpc) is 3.23. The summed E-state index contributed by atoms with van der Waals surface area (Å²) in [5.41, 5.74) is 0. The van der Waals surface area contributed by atoms with Crippen LogP contribution in [0.1, 0.15) is 181 Å². The van der Waals surface area contributed by atoms with Crippen molar-refractivity contribution < 1.29 is 32.9 Å². The molecule has 0 rings (SSSR count). The molecule has 1 amide bonds. The lowest BCUT2D eigenvalue weighted by Crippen LogP contribution is -2.45. The highest BCUT2D eigenvalue weighted by molar-refractivity contribution is 7.47. The monoisotopic (exact) mass is 886 g/mol. The number of hydrogen-bond acceptors (Lipinski definition) is 5. The number of aliphatic hydroxyl groups is 1. The van der Waals surface area contributed by atoms with E-state index in [4.69, 9.17) is 9.05 Å². The van der Waals surface area contributed by atoms with E-state index in [9.17, 15) is 19.4 Å². The van der Waals surface area contributed by atoms with Crippen LogP contribution >= 0.6 is 7.82 Å². The lowest BCUT2D eigenvalue weighted by atomic mass is 10.0. The predicted molar refractivity (Wildman–Crippen MR) is 267 cm³/mol. The number of quaternary nitrogens is 1. The van der Waals surface area contributed by atoms with E-state index in [1.165, 1.54) is 70.6 Å². The average molecular weight is 886 g/mol. The Morgan fingerprint density at radius 3 is 1.42 bits per heavy atom. The van der Waals surface area contributed by atoms with Crippen LogP contribution in [0.4, 0.5) is 0 Å². The number of phosphoric acid groups is 1. The van der Waals surface area contributed by atoms with E-state index in [2.05, 4.69) is 104 Å². The molecule has 0 aliphatic rings. The summed E-state index contributed by atoms with van der Waals surface area (Å²) in [4.78, 5) is 23.1. The predicted octanol–water partition coefficient (Wildman–Crippen LogP) is 14.3. The zero-order valence-corrected chi connectivity index (χ0v) is 41.2. The second kappa shape index (κ2) is 43.7. The summed E-state index contributed by atoms with van der Waals surface area (Å²) in [5, 5.41) is 13.8. The number of aliphatic hydroxyl groups excluding tert-OH is 1. The van der Waals surface area contributed by atoms with Crippen LogP contribution in [0.25, 0.3) is 0 Å². The van der Waals surface area contributed by atoms with Gasteiger partial charge in [-0.1, -0.05) is 195 Å². The molecule has 9 heteroatoms. The first-order valence-electron chi connectivity index (χ1n) is 24.6. The number of phosphoric ester groups is 1. The number of carbonyl (C=O) groups is 1. The standard InChI is InChI=1S/C53H93N2O6P/c1-6-8-10-12-14-16-17-18-19-20-21-22-23-24-25-26-27-28-29-30-31-32-33-34-35-36-37-39-41-43-45-47-53(57)54-51(50-61-62(58,59)60-49-48-55(3,4)5)52(56)46-44-42-40-38-15-13-11-9-7-2/h8,10,14,16,18-19,21-22,24-25,27-28,30-31,44,46,51-52,56H,6-7,9,11-13,15,17,20,23,26,29,32-43,45,47-50H2,1-5H3,(H-,54,57,58,59)/p+1/b10-8-,16-14-,19-18-,22-21-,25-24-,28-27-,31-30-,46-44+. The van der Waals surface area contributed by atoms with Crippen molar-refractivity contribution in [1.29, 1.82) is 0 Å². The number of rotatable bonds is 43. The molecule has 0 aromatic carbocycles. The number of nitrogens with zero attached hydrogens (tertiary/aromatic N) is 1. The Balaban J connectivity index is 4.15. The van der Waals surface area contributed by atoms with E-state index in [1.807, 2.05) is 27.2 Å². The van der Waals surface area contributed by atoms with Gasteiger partial charge in [-0.25, -0.2) is 4.57 Å². The van der Waals surface area contributed by atoms with Crippen LogP contribution < -0.4 is 5.32 Å². The summed E-state index contributed by atoms with van der Waals surface area (Å²) < 4.78 is 23.5. The van der Waals surface area contributed by atoms with Crippen LogP contribution in [0.3, 0.4) is 0 Å². The molecule has 3 unspecified atom stereocenters. The molecule has 356 valence electrons. The Morgan fingerprint density at radius 1 is 0.565 bits per heavy atom. The Bertz CT molecular complexity index is 1330. The van der Waals surface area contributed by atoms with Crippen molar-refractivity contribution in [1.82, 2.24) is 5.32 Å². The van der Waals surface area contributed by atoms with Crippen LogP contribution in [-0.4, -0.2) is 73.4 Å². The van der Waals surface area contributed by atoms with E-state index in [0.29, 0.717) is 17.4 Å². The summed E-state index contributed by atoms with van der Waals surface area (Å²) in [6.45, 7) is 4.64. The van der Waals surface area contributed by atoms with E-state index < -0.39 is 20.0 Å². The van der Waals surface area contributed by atoms with Gasteiger partial charge in [0.1, 0.15) is 13.2 Å². The zero-order valence-electron chi connectivity index (χ0n) is 40.3. The smallest absolute Gasteiger partial charge is 0.387 e. The molecular formula is C53H94N2O6P+. The lowest BCUT2D eigenvalue weighted by molar-refractivity contribution is -0.870. The molecule has 0 fully saturated rings. The highest BCUT2D eigenvalue weighted by Gasteiger charge is 2.27. The van der Waals surface area contributed by atoms with Gasteiger partial charge in [-0.05, 0) is 77.0 Å². The summed E-state index contributed by atoms with van der Waals surface area (Å²) >= 11 is 0. The van der Waals surface area contributed by atoms with Crippen LogP contribution in [-0.2, 0) is 18.4 Å². The molecule has 0 bridgehead atoms. The van der Waals surface area contributed by atoms with E-state index in [1.54, 1.807) is 6.08 Å². The lowest BCUT2D eigenvalue weighted by Gasteiger charge is -2.25. The first kappa shape index (κ1) is 59.4. The zero-order chi connectivity index (χ0) is 45.7. The highest BCUT2D eigenvalue weighted by Crippen LogP contribution is 2.43. The highest BCUT2D eigenvalue weighted by atomic mass is 31.2. The Kier molecular flexibility index (Phi) is 41.8. The van der Waals surface area contributed by atoms with Gasteiger partial charge in [0, 0.05) is 6.42 Å². The summed E-state index contributed by atoms with van der Waals surface area (Å²) in [5.74, 6) is -0.191. The molecule has 0 heterocycles. The molecule has 3 atom stereocenters. The Labute approximate surface area is 381 Å². The first-order chi connectivity index (χ1) is 30.0. The molecule has 62 heavy (non-hydrogen) atoms. The Hall–Kier alpha value is -2.58. The molecule has 8 nitrogen and oxygen atoms in total. The number of allylic oxidation sites excluding steroid dienone is 15. The summed E-state index contributed by atoms with van der Waals surface area (Å²) in [6, 6.07) is -0.853. The third kappa shape index (κ3) is 45.4. The van der Waals surface area contributed by atoms with Crippen molar-refractivity contribution in [2.75, 3.05) is 40.9 Å². The van der Waals surface area contributed by atoms with Crippen LogP contribution in [0.2, 0.25) is 0 Å². The Morgan fingerprint density at radius 2 is 0.968 bits per heavy atom. The first-order valence-corrected chi connectivity index (χ1v) is 26.1. The van der Waals surface area contributed by atoms with Gasteiger partial charge < -0.3 is 19.8 Å². The minimum atomic E-state index is -4.34. The SMILES string of the molecule is CC/C=C\C/C=C\C/C=C\C/C=C\C/C=C\C/C=C\C/C=C\CCCCCCCCCCCC(=O)NC(COP(=O)(O)OCC[N+](C)(C)C)C(O)/C=C/CCCCCCCCC. The van der Waals surface area contributed by atoms with Gasteiger partial charge in [0.2, 0.25) is 5.91 Å². The van der Waals surface area contributed by atoms with Crippen molar-refractivity contribution >= 4 is 13.7 Å². The van der Waals surface area contributed by atoms with Gasteiger partial charge in [-0.15, -0.1) is 0 Å². The minimum absolute atomic E-state index is 0.0552. The number of unbranched alkanes of at least 4 members (excludes halogenated alkanes) is 16.